The van der Waals surface area contributed by atoms with Crippen LogP contribution in [-0.2, 0) is 4.74 Å². The SMILES string of the molecule is CCOCCOc1cc(-c2nc3ccccc3[nH]2)ccc1OC. The van der Waals surface area contributed by atoms with Crippen molar-refractivity contribution < 1.29 is 14.2 Å². The van der Waals surface area contributed by atoms with Crippen molar-refractivity contribution >= 4 is 11.0 Å². The first kappa shape index (κ1) is 15.4. The number of aromatic amines is 1. The van der Waals surface area contributed by atoms with Crippen LogP contribution in [0, 0.1) is 0 Å². The van der Waals surface area contributed by atoms with E-state index < -0.39 is 0 Å². The first-order chi connectivity index (χ1) is 11.3. The van der Waals surface area contributed by atoms with Crippen LogP contribution < -0.4 is 9.47 Å². The van der Waals surface area contributed by atoms with Gasteiger partial charge in [-0.1, -0.05) is 12.1 Å². The van der Waals surface area contributed by atoms with Crippen LogP contribution in [0.4, 0.5) is 0 Å². The van der Waals surface area contributed by atoms with Crippen molar-refractivity contribution in [1.82, 2.24) is 9.97 Å². The zero-order valence-corrected chi connectivity index (χ0v) is 13.3. The Hall–Kier alpha value is -2.53. The Kier molecular flexibility index (Phi) is 4.78. The molecule has 0 aliphatic heterocycles. The van der Waals surface area contributed by atoms with Crippen molar-refractivity contribution in [3.05, 3.63) is 42.5 Å². The molecule has 0 unspecified atom stereocenters. The second-order valence-corrected chi connectivity index (χ2v) is 5.01. The van der Waals surface area contributed by atoms with E-state index in [1.165, 1.54) is 0 Å². The van der Waals surface area contributed by atoms with Gasteiger partial charge in [0.25, 0.3) is 0 Å². The molecule has 0 amide bonds. The summed E-state index contributed by atoms with van der Waals surface area (Å²) in [6, 6.07) is 13.7. The van der Waals surface area contributed by atoms with Crippen molar-refractivity contribution in [3.8, 4) is 22.9 Å². The van der Waals surface area contributed by atoms with Crippen LogP contribution in [0.3, 0.4) is 0 Å². The highest BCUT2D eigenvalue weighted by atomic mass is 16.5. The summed E-state index contributed by atoms with van der Waals surface area (Å²) in [5.41, 5.74) is 2.91. The highest BCUT2D eigenvalue weighted by Gasteiger charge is 2.10. The molecule has 0 aliphatic rings. The average Bonchev–Trinajstić information content (AvgIpc) is 3.02. The smallest absolute Gasteiger partial charge is 0.162 e. The molecule has 0 fully saturated rings. The van der Waals surface area contributed by atoms with Gasteiger partial charge in [-0.2, -0.15) is 0 Å². The van der Waals surface area contributed by atoms with E-state index in [0.29, 0.717) is 31.3 Å². The molecular weight excluding hydrogens is 292 g/mol. The number of methoxy groups -OCH3 is 1. The van der Waals surface area contributed by atoms with Crippen molar-refractivity contribution in [2.24, 2.45) is 0 Å². The lowest BCUT2D eigenvalue weighted by Gasteiger charge is -2.11. The van der Waals surface area contributed by atoms with E-state index in [-0.39, 0.29) is 0 Å². The number of aromatic nitrogens is 2. The Bertz CT molecular complexity index is 750. The third kappa shape index (κ3) is 3.46. The molecule has 5 heteroatoms. The first-order valence-electron chi connectivity index (χ1n) is 7.65. The summed E-state index contributed by atoms with van der Waals surface area (Å²) < 4.78 is 16.4. The molecule has 0 radical (unpaired) electrons. The molecule has 5 nitrogen and oxygen atoms in total. The van der Waals surface area contributed by atoms with Gasteiger partial charge in [-0.15, -0.1) is 0 Å². The molecule has 0 saturated carbocycles. The normalized spacial score (nSPS) is 10.9. The molecule has 0 aliphatic carbocycles. The lowest BCUT2D eigenvalue weighted by Crippen LogP contribution is -2.07. The Balaban J connectivity index is 1.87. The molecule has 120 valence electrons. The Labute approximate surface area is 135 Å². The van der Waals surface area contributed by atoms with Gasteiger partial charge in [0, 0.05) is 12.2 Å². The standard InChI is InChI=1S/C18H20N2O3/c1-3-22-10-11-23-17-12-13(8-9-16(17)21-2)18-19-14-6-4-5-7-15(14)20-18/h4-9,12H,3,10-11H2,1-2H3,(H,19,20). The monoisotopic (exact) mass is 312 g/mol. The molecule has 3 aromatic rings. The number of hydrogen-bond donors (Lipinski definition) is 1. The van der Waals surface area contributed by atoms with Gasteiger partial charge in [-0.25, -0.2) is 4.98 Å². The van der Waals surface area contributed by atoms with E-state index in [4.69, 9.17) is 14.2 Å². The molecule has 1 heterocycles. The molecular formula is C18H20N2O3. The molecule has 0 bridgehead atoms. The molecule has 0 saturated heterocycles. The second kappa shape index (κ2) is 7.15. The van der Waals surface area contributed by atoms with E-state index in [1.54, 1.807) is 7.11 Å². The molecule has 1 N–H and O–H groups in total. The minimum Gasteiger partial charge on any atom is -0.493 e. The van der Waals surface area contributed by atoms with E-state index in [0.717, 1.165) is 22.4 Å². The lowest BCUT2D eigenvalue weighted by atomic mass is 10.2. The predicted molar refractivity (Wildman–Crippen MR) is 90.1 cm³/mol. The number of ether oxygens (including phenoxy) is 3. The summed E-state index contributed by atoms with van der Waals surface area (Å²) in [5, 5.41) is 0. The van der Waals surface area contributed by atoms with Gasteiger partial charge in [0.05, 0.1) is 24.8 Å². The fraction of sp³-hybridized carbons (Fsp3) is 0.278. The minimum atomic E-state index is 0.480. The third-order valence-corrected chi connectivity index (χ3v) is 3.52. The largest absolute Gasteiger partial charge is 0.493 e. The third-order valence-electron chi connectivity index (χ3n) is 3.52. The number of hydrogen-bond acceptors (Lipinski definition) is 4. The topological polar surface area (TPSA) is 56.4 Å². The first-order valence-corrected chi connectivity index (χ1v) is 7.65. The van der Waals surface area contributed by atoms with Crippen LogP contribution in [-0.4, -0.2) is 36.9 Å². The summed E-state index contributed by atoms with van der Waals surface area (Å²) in [6.07, 6.45) is 0. The van der Waals surface area contributed by atoms with Crippen LogP contribution >= 0.6 is 0 Å². The number of benzene rings is 2. The van der Waals surface area contributed by atoms with Crippen LogP contribution in [0.25, 0.3) is 22.4 Å². The van der Waals surface area contributed by atoms with E-state index in [2.05, 4.69) is 9.97 Å². The lowest BCUT2D eigenvalue weighted by molar-refractivity contribution is 0.109. The maximum absolute atomic E-state index is 5.77. The Morgan fingerprint density at radius 1 is 1.04 bits per heavy atom. The maximum atomic E-state index is 5.77. The quantitative estimate of drug-likeness (QED) is 0.677. The highest BCUT2D eigenvalue weighted by Crippen LogP contribution is 2.32. The van der Waals surface area contributed by atoms with Gasteiger partial charge < -0.3 is 19.2 Å². The number of imidazole rings is 1. The van der Waals surface area contributed by atoms with Crippen LogP contribution in [0.2, 0.25) is 0 Å². The van der Waals surface area contributed by atoms with Gasteiger partial charge >= 0.3 is 0 Å². The number of H-pyrrole nitrogens is 1. The van der Waals surface area contributed by atoms with Crippen LogP contribution in [0.5, 0.6) is 11.5 Å². The van der Waals surface area contributed by atoms with Gasteiger partial charge in [-0.05, 0) is 37.3 Å². The molecule has 2 aromatic carbocycles. The van der Waals surface area contributed by atoms with Gasteiger partial charge in [0.15, 0.2) is 11.5 Å². The minimum absolute atomic E-state index is 0.480. The summed E-state index contributed by atoms with van der Waals surface area (Å²) in [7, 11) is 1.63. The average molecular weight is 312 g/mol. The molecule has 0 atom stereocenters. The number of nitrogens with zero attached hydrogens (tertiary/aromatic N) is 1. The fourth-order valence-corrected chi connectivity index (χ4v) is 2.38. The van der Waals surface area contributed by atoms with Crippen LogP contribution in [0.1, 0.15) is 6.92 Å². The zero-order valence-electron chi connectivity index (χ0n) is 13.3. The summed E-state index contributed by atoms with van der Waals surface area (Å²) in [6.45, 7) is 3.67. The van der Waals surface area contributed by atoms with Crippen LogP contribution in [0.15, 0.2) is 42.5 Å². The molecule has 0 spiro atoms. The second-order valence-electron chi connectivity index (χ2n) is 5.01. The van der Waals surface area contributed by atoms with E-state index in [9.17, 15) is 0 Å². The predicted octanol–water partition coefficient (Wildman–Crippen LogP) is 3.65. The fourth-order valence-electron chi connectivity index (χ4n) is 2.38. The highest BCUT2D eigenvalue weighted by molar-refractivity contribution is 5.79. The summed E-state index contributed by atoms with van der Waals surface area (Å²) in [4.78, 5) is 7.93. The molecule has 23 heavy (non-hydrogen) atoms. The molecule has 1 aromatic heterocycles. The number of rotatable bonds is 7. The number of para-hydroxylation sites is 2. The van der Waals surface area contributed by atoms with Gasteiger partial charge in [-0.3, -0.25) is 0 Å². The Morgan fingerprint density at radius 3 is 2.70 bits per heavy atom. The van der Waals surface area contributed by atoms with Crippen molar-refractivity contribution in [2.75, 3.05) is 26.9 Å². The molecule has 3 rings (SSSR count). The van der Waals surface area contributed by atoms with E-state index in [1.807, 2.05) is 49.4 Å². The van der Waals surface area contributed by atoms with E-state index >= 15 is 0 Å². The Morgan fingerprint density at radius 2 is 1.91 bits per heavy atom. The van der Waals surface area contributed by atoms with Gasteiger partial charge in [0.2, 0.25) is 0 Å². The zero-order chi connectivity index (χ0) is 16.1. The van der Waals surface area contributed by atoms with Crippen molar-refractivity contribution in [3.63, 3.8) is 0 Å². The number of fused-ring (bicyclic) bond motifs is 1. The number of nitrogens with one attached hydrogen (secondary N) is 1. The summed E-state index contributed by atoms with van der Waals surface area (Å²) in [5.74, 6) is 2.19. The maximum Gasteiger partial charge on any atom is 0.162 e. The van der Waals surface area contributed by atoms with Gasteiger partial charge in [0.1, 0.15) is 12.4 Å². The van der Waals surface area contributed by atoms with Crippen molar-refractivity contribution in [1.29, 1.82) is 0 Å². The van der Waals surface area contributed by atoms with Crippen molar-refractivity contribution in [2.45, 2.75) is 6.92 Å². The summed E-state index contributed by atoms with van der Waals surface area (Å²) >= 11 is 0.